The molecule has 0 atom stereocenters. The van der Waals surface area contributed by atoms with E-state index in [0.717, 1.165) is 32.9 Å². The molecule has 4 aromatic rings. The van der Waals surface area contributed by atoms with Crippen molar-refractivity contribution < 1.29 is 8.42 Å². The van der Waals surface area contributed by atoms with Gasteiger partial charge in [0, 0.05) is 22.0 Å². The van der Waals surface area contributed by atoms with Crippen molar-refractivity contribution in [2.24, 2.45) is 0 Å². The Morgan fingerprint density at radius 2 is 1.58 bits per heavy atom. The van der Waals surface area contributed by atoms with Crippen LogP contribution in [0.3, 0.4) is 0 Å². The van der Waals surface area contributed by atoms with Crippen LogP contribution in [0.5, 0.6) is 0 Å². The number of aromatic amines is 1. The molecule has 0 fully saturated rings. The number of benzene rings is 3. The topological polar surface area (TPSA) is 88.0 Å². The number of nitrogens with one attached hydrogen (secondary N) is 2. The summed E-state index contributed by atoms with van der Waals surface area (Å²) in [6.45, 7) is 4.09. The van der Waals surface area contributed by atoms with Gasteiger partial charge in [-0.05, 0) is 55.3 Å². The van der Waals surface area contributed by atoms with E-state index < -0.39 is 10.0 Å². The molecule has 6 heteroatoms. The molecular weight excluding hydrogens is 346 g/mol. The van der Waals surface area contributed by atoms with Gasteiger partial charge in [0.05, 0.1) is 16.1 Å². The Morgan fingerprint density at radius 3 is 2.31 bits per heavy atom. The summed E-state index contributed by atoms with van der Waals surface area (Å²) < 4.78 is 28.2. The average Bonchev–Trinajstić information content (AvgIpc) is 3.00. The summed E-state index contributed by atoms with van der Waals surface area (Å²) in [4.78, 5) is 3.57. The van der Waals surface area contributed by atoms with Gasteiger partial charge >= 0.3 is 0 Å². The summed E-state index contributed by atoms with van der Waals surface area (Å²) in [5.41, 5.74) is 10.8. The Labute approximate surface area is 151 Å². The molecule has 0 unspecified atom stereocenters. The number of sulfonamides is 1. The number of para-hydroxylation sites is 1. The molecular formula is C20H19N3O2S. The van der Waals surface area contributed by atoms with E-state index in [4.69, 9.17) is 5.73 Å². The van der Waals surface area contributed by atoms with Crippen molar-refractivity contribution in [3.05, 3.63) is 65.7 Å². The average molecular weight is 365 g/mol. The van der Waals surface area contributed by atoms with Gasteiger partial charge in [-0.1, -0.05) is 24.3 Å². The largest absolute Gasteiger partial charge is 0.399 e. The number of anilines is 2. The van der Waals surface area contributed by atoms with Crippen LogP contribution in [0.4, 0.5) is 11.4 Å². The highest BCUT2D eigenvalue weighted by Gasteiger charge is 2.17. The van der Waals surface area contributed by atoms with E-state index in [1.807, 2.05) is 19.1 Å². The van der Waals surface area contributed by atoms with E-state index in [2.05, 4.69) is 28.8 Å². The number of hydrogen-bond donors (Lipinski definition) is 3. The third-order valence-electron chi connectivity index (χ3n) is 4.64. The minimum atomic E-state index is -3.70. The van der Waals surface area contributed by atoms with Crippen LogP contribution in [0.15, 0.2) is 59.5 Å². The first-order chi connectivity index (χ1) is 12.4. The van der Waals surface area contributed by atoms with Gasteiger partial charge in [-0.15, -0.1) is 0 Å². The van der Waals surface area contributed by atoms with Crippen LogP contribution < -0.4 is 10.5 Å². The lowest BCUT2D eigenvalue weighted by Gasteiger charge is -2.09. The zero-order valence-corrected chi connectivity index (χ0v) is 15.3. The van der Waals surface area contributed by atoms with Gasteiger partial charge in [-0.25, -0.2) is 8.42 Å². The predicted octanol–water partition coefficient (Wildman–Crippen LogP) is 4.32. The molecule has 4 N–H and O–H groups in total. The van der Waals surface area contributed by atoms with Gasteiger partial charge in [-0.2, -0.15) is 0 Å². The van der Waals surface area contributed by atoms with Crippen LogP contribution in [0.2, 0.25) is 0 Å². The van der Waals surface area contributed by atoms with Crippen molar-refractivity contribution in [2.75, 3.05) is 10.5 Å². The van der Waals surface area contributed by atoms with Crippen LogP contribution in [0.1, 0.15) is 11.1 Å². The number of nitrogens with two attached hydrogens (primary N) is 1. The molecule has 0 saturated heterocycles. The van der Waals surface area contributed by atoms with E-state index in [9.17, 15) is 8.42 Å². The molecule has 132 valence electrons. The Hall–Kier alpha value is -2.99. The van der Waals surface area contributed by atoms with Crippen LogP contribution in [-0.4, -0.2) is 13.4 Å². The van der Waals surface area contributed by atoms with Crippen molar-refractivity contribution in [3.63, 3.8) is 0 Å². The number of aromatic nitrogens is 1. The maximum atomic E-state index is 12.7. The SMILES string of the molecule is Cc1ccc(C)c2c1[nH]c1c(NS(=O)(=O)c3ccc(N)cc3)cccc12. The molecule has 0 aliphatic heterocycles. The van der Waals surface area contributed by atoms with Gasteiger partial charge < -0.3 is 10.7 Å². The third kappa shape index (κ3) is 2.59. The van der Waals surface area contributed by atoms with E-state index >= 15 is 0 Å². The first kappa shape index (κ1) is 16.5. The molecule has 0 bridgehead atoms. The summed E-state index contributed by atoms with van der Waals surface area (Å²) >= 11 is 0. The zero-order valence-electron chi connectivity index (χ0n) is 14.5. The van der Waals surface area contributed by atoms with E-state index in [1.54, 1.807) is 18.2 Å². The molecule has 5 nitrogen and oxygen atoms in total. The van der Waals surface area contributed by atoms with Gasteiger partial charge in [0.1, 0.15) is 0 Å². The molecule has 1 aromatic heterocycles. The Bertz CT molecular complexity index is 1240. The molecule has 0 amide bonds. The van der Waals surface area contributed by atoms with E-state index in [0.29, 0.717) is 11.4 Å². The number of H-pyrrole nitrogens is 1. The highest BCUT2D eigenvalue weighted by Crippen LogP contribution is 2.34. The molecule has 3 aromatic carbocycles. The molecule has 0 spiro atoms. The number of nitrogen functional groups attached to an aromatic ring is 1. The summed E-state index contributed by atoms with van der Waals surface area (Å²) in [6.07, 6.45) is 0. The Morgan fingerprint density at radius 1 is 0.885 bits per heavy atom. The predicted molar refractivity (Wildman–Crippen MR) is 107 cm³/mol. The van der Waals surface area contributed by atoms with Crippen molar-refractivity contribution in [1.29, 1.82) is 0 Å². The highest BCUT2D eigenvalue weighted by atomic mass is 32.2. The van der Waals surface area contributed by atoms with Crippen molar-refractivity contribution in [2.45, 2.75) is 18.7 Å². The molecule has 0 aliphatic rings. The van der Waals surface area contributed by atoms with Crippen LogP contribution in [0.25, 0.3) is 21.8 Å². The van der Waals surface area contributed by atoms with E-state index in [1.165, 1.54) is 12.1 Å². The second-order valence-electron chi connectivity index (χ2n) is 6.48. The number of rotatable bonds is 3. The molecule has 0 radical (unpaired) electrons. The third-order valence-corrected chi connectivity index (χ3v) is 6.02. The lowest BCUT2D eigenvalue weighted by Crippen LogP contribution is -2.13. The molecule has 1 heterocycles. The highest BCUT2D eigenvalue weighted by molar-refractivity contribution is 7.92. The summed E-state index contributed by atoms with van der Waals surface area (Å²) in [7, 11) is -3.70. The number of hydrogen-bond acceptors (Lipinski definition) is 3. The Kier molecular flexibility index (Phi) is 3.66. The lowest BCUT2D eigenvalue weighted by atomic mass is 10.0. The summed E-state index contributed by atoms with van der Waals surface area (Å²) in [5.74, 6) is 0. The van der Waals surface area contributed by atoms with Crippen LogP contribution >= 0.6 is 0 Å². The van der Waals surface area contributed by atoms with Crippen molar-refractivity contribution in [1.82, 2.24) is 4.98 Å². The second kappa shape index (κ2) is 5.78. The summed E-state index contributed by atoms with van der Waals surface area (Å²) in [6, 6.07) is 15.9. The van der Waals surface area contributed by atoms with Crippen LogP contribution in [-0.2, 0) is 10.0 Å². The fraction of sp³-hybridized carbons (Fsp3) is 0.100. The van der Waals surface area contributed by atoms with E-state index in [-0.39, 0.29) is 4.90 Å². The maximum Gasteiger partial charge on any atom is 0.261 e. The molecule has 4 rings (SSSR count). The first-order valence-corrected chi connectivity index (χ1v) is 9.74. The van der Waals surface area contributed by atoms with Crippen molar-refractivity contribution >= 4 is 43.2 Å². The second-order valence-corrected chi connectivity index (χ2v) is 8.16. The smallest absolute Gasteiger partial charge is 0.261 e. The Balaban J connectivity index is 1.89. The van der Waals surface area contributed by atoms with Gasteiger partial charge in [0.2, 0.25) is 0 Å². The standard InChI is InChI=1S/C20H19N3O2S/c1-12-6-7-13(2)19-18(12)16-4-3-5-17(20(16)22-19)23-26(24,25)15-10-8-14(21)9-11-15/h3-11,22-23H,21H2,1-2H3. The zero-order chi connectivity index (χ0) is 18.5. The molecule has 26 heavy (non-hydrogen) atoms. The lowest BCUT2D eigenvalue weighted by molar-refractivity contribution is 0.601. The van der Waals surface area contributed by atoms with Crippen molar-refractivity contribution in [3.8, 4) is 0 Å². The van der Waals surface area contributed by atoms with Gasteiger partial charge in [0.25, 0.3) is 10.0 Å². The minimum Gasteiger partial charge on any atom is -0.399 e. The number of aryl methyl sites for hydroxylation is 2. The molecule has 0 aliphatic carbocycles. The fourth-order valence-corrected chi connectivity index (χ4v) is 4.35. The first-order valence-electron chi connectivity index (χ1n) is 8.26. The molecule has 0 saturated carbocycles. The van der Waals surface area contributed by atoms with Crippen LogP contribution in [0, 0.1) is 13.8 Å². The minimum absolute atomic E-state index is 0.173. The summed E-state index contributed by atoms with van der Waals surface area (Å²) in [5, 5.41) is 2.12. The number of fused-ring (bicyclic) bond motifs is 3. The maximum absolute atomic E-state index is 12.7. The normalized spacial score (nSPS) is 11.9. The quantitative estimate of drug-likeness (QED) is 0.472. The fourth-order valence-electron chi connectivity index (χ4n) is 3.28. The monoisotopic (exact) mass is 365 g/mol. The van der Waals surface area contributed by atoms with Gasteiger partial charge in [-0.3, -0.25) is 4.72 Å². The van der Waals surface area contributed by atoms with Gasteiger partial charge in [0.15, 0.2) is 0 Å².